The summed E-state index contributed by atoms with van der Waals surface area (Å²) >= 11 is 5.13. The number of hydrogen-bond donors (Lipinski definition) is 2. The summed E-state index contributed by atoms with van der Waals surface area (Å²) in [6.45, 7) is 0. The van der Waals surface area contributed by atoms with Gasteiger partial charge in [-0.15, -0.1) is 0 Å². The van der Waals surface area contributed by atoms with Gasteiger partial charge in [-0.05, 0) is 67.8 Å². The van der Waals surface area contributed by atoms with Gasteiger partial charge in [-0.3, -0.25) is 4.79 Å². The van der Waals surface area contributed by atoms with Crippen molar-refractivity contribution in [2.75, 3.05) is 0 Å². The van der Waals surface area contributed by atoms with Crippen LogP contribution in [0.3, 0.4) is 0 Å². The lowest BCUT2D eigenvalue weighted by atomic mass is 10.1. The van der Waals surface area contributed by atoms with Crippen LogP contribution in [0.4, 0.5) is 0 Å². The van der Waals surface area contributed by atoms with E-state index >= 15 is 0 Å². The fraction of sp³-hybridized carbons (Fsp3) is 0. The highest BCUT2D eigenvalue weighted by molar-refractivity contribution is 14.1. The molecule has 0 saturated heterocycles. The Bertz CT molecular complexity index is 497. The minimum Gasteiger partial charge on any atom is -0.478 e. The smallest absolute Gasteiger partial charge is 0.337 e. The van der Waals surface area contributed by atoms with Gasteiger partial charge >= 0.3 is 11.9 Å². The summed E-state index contributed by atoms with van der Waals surface area (Å²) in [5, 5.41) is 18.1. The molecule has 0 atom stereocenters. The summed E-state index contributed by atoms with van der Waals surface area (Å²) in [4.78, 5) is 33.1. The van der Waals surface area contributed by atoms with Crippen LogP contribution >= 0.6 is 67.8 Å². The number of halogens is 3. The van der Waals surface area contributed by atoms with Crippen LogP contribution in [0.5, 0.6) is 0 Å². The zero-order valence-corrected chi connectivity index (χ0v) is 14.3. The molecule has 0 radical (unpaired) electrons. The number of benzene rings is 1. The Labute approximate surface area is 136 Å². The average Bonchev–Trinajstić information content (AvgIpc) is 2.16. The zero-order valence-electron chi connectivity index (χ0n) is 7.83. The number of carboxylic acids is 2. The Kier molecular flexibility index (Phi) is 5.12. The minimum absolute atomic E-state index is 0.0985. The lowest BCUT2D eigenvalue weighted by Crippen LogP contribution is -2.15. The largest absolute Gasteiger partial charge is 0.478 e. The Morgan fingerprint density at radius 3 is 1.47 bits per heavy atom. The molecule has 0 aliphatic carbocycles. The van der Waals surface area contributed by atoms with Crippen LogP contribution in [0.15, 0.2) is 0 Å². The van der Waals surface area contributed by atoms with E-state index in [0.717, 1.165) is 0 Å². The second kappa shape index (κ2) is 5.77. The molecular weight excluding hydrogens is 569 g/mol. The van der Waals surface area contributed by atoms with Gasteiger partial charge in [0.25, 0.3) is 0 Å². The van der Waals surface area contributed by atoms with E-state index in [4.69, 9.17) is 10.2 Å². The molecule has 1 aromatic rings. The van der Waals surface area contributed by atoms with Gasteiger partial charge in [0.2, 0.25) is 0 Å². The van der Waals surface area contributed by atoms with Crippen molar-refractivity contribution in [1.82, 2.24) is 0 Å². The third kappa shape index (κ3) is 2.72. The molecule has 0 unspecified atom stereocenters. The number of hydrogen-bond acceptors (Lipinski definition) is 3. The topological polar surface area (TPSA) is 91.7 Å². The second-order valence-electron chi connectivity index (χ2n) is 2.83. The SMILES string of the molecule is O=Cc1c(I)c(C(=O)O)c(I)c(C(=O)O)c1I. The van der Waals surface area contributed by atoms with E-state index in [1.54, 1.807) is 67.8 Å². The van der Waals surface area contributed by atoms with E-state index in [-0.39, 0.29) is 27.4 Å². The second-order valence-corrected chi connectivity index (χ2v) is 6.07. The van der Waals surface area contributed by atoms with Crippen molar-refractivity contribution in [2.45, 2.75) is 0 Å². The van der Waals surface area contributed by atoms with Gasteiger partial charge in [-0.25, -0.2) is 9.59 Å². The third-order valence-electron chi connectivity index (χ3n) is 1.90. The Morgan fingerprint density at radius 1 is 0.882 bits per heavy atom. The molecule has 0 aliphatic heterocycles. The molecule has 0 heterocycles. The number of aldehydes is 1. The highest BCUT2D eigenvalue weighted by Gasteiger charge is 2.26. The maximum atomic E-state index is 11.1. The predicted octanol–water partition coefficient (Wildman–Crippen LogP) is 2.71. The maximum Gasteiger partial charge on any atom is 0.337 e. The van der Waals surface area contributed by atoms with Gasteiger partial charge in [-0.2, -0.15) is 0 Å². The molecule has 17 heavy (non-hydrogen) atoms. The quantitative estimate of drug-likeness (QED) is 0.430. The average molecular weight is 572 g/mol. The number of carbonyl (C=O) groups is 3. The van der Waals surface area contributed by atoms with Crippen molar-refractivity contribution in [3.63, 3.8) is 0 Å². The van der Waals surface area contributed by atoms with Crippen LogP contribution in [-0.4, -0.2) is 28.4 Å². The monoisotopic (exact) mass is 572 g/mol. The lowest BCUT2D eigenvalue weighted by Gasteiger charge is -2.11. The summed E-state index contributed by atoms with van der Waals surface area (Å²) in [5.74, 6) is -2.50. The van der Waals surface area contributed by atoms with E-state index in [9.17, 15) is 14.4 Å². The van der Waals surface area contributed by atoms with Crippen LogP contribution in [0.2, 0.25) is 0 Å². The van der Waals surface area contributed by atoms with Crippen LogP contribution < -0.4 is 0 Å². The normalized spacial score (nSPS) is 10.1. The standard InChI is InChI=1S/C9H3I3O5/c10-5-2(1-13)6(11)4(9(16)17)7(12)3(5)8(14)15/h1H,(H,14,15)(H,16,17). The Balaban J connectivity index is 3.88. The molecule has 1 aromatic carbocycles. The molecule has 5 nitrogen and oxygen atoms in total. The van der Waals surface area contributed by atoms with Gasteiger partial charge in [0, 0.05) is 16.3 Å². The Hall–Kier alpha value is 0.0200. The molecule has 0 fully saturated rings. The lowest BCUT2D eigenvalue weighted by molar-refractivity contribution is 0.0694. The van der Waals surface area contributed by atoms with Crippen LogP contribution in [-0.2, 0) is 0 Å². The van der Waals surface area contributed by atoms with Crippen LogP contribution in [0.1, 0.15) is 31.1 Å². The predicted molar refractivity (Wildman–Crippen MR) is 83.9 cm³/mol. The molecule has 0 spiro atoms. The van der Waals surface area contributed by atoms with Crippen LogP contribution in [0, 0.1) is 10.7 Å². The van der Waals surface area contributed by atoms with Crippen molar-refractivity contribution in [2.24, 2.45) is 0 Å². The fourth-order valence-corrected chi connectivity index (χ4v) is 5.51. The summed E-state index contributed by atoms with van der Waals surface area (Å²) in [7, 11) is 0. The van der Waals surface area contributed by atoms with Gasteiger partial charge < -0.3 is 10.2 Å². The number of carboxylic acid groups (broad SMARTS) is 2. The molecule has 2 N–H and O–H groups in total. The summed E-state index contributed by atoms with van der Waals surface area (Å²) in [5.41, 5.74) is -0.196. The summed E-state index contributed by atoms with van der Waals surface area (Å²) in [6, 6.07) is 0. The molecule has 90 valence electrons. The molecule has 0 saturated carbocycles. The van der Waals surface area contributed by atoms with Crippen LogP contribution in [0.25, 0.3) is 0 Å². The van der Waals surface area contributed by atoms with Gasteiger partial charge in [0.1, 0.15) is 0 Å². The minimum atomic E-state index is -1.25. The van der Waals surface area contributed by atoms with E-state index in [1.165, 1.54) is 0 Å². The molecule has 8 heteroatoms. The highest BCUT2D eigenvalue weighted by atomic mass is 127. The molecule has 0 bridgehead atoms. The van der Waals surface area contributed by atoms with Crippen molar-refractivity contribution in [1.29, 1.82) is 0 Å². The van der Waals surface area contributed by atoms with E-state index in [2.05, 4.69) is 0 Å². The first-order valence-corrected chi connectivity index (χ1v) is 7.18. The molecule has 0 aliphatic rings. The fourth-order valence-electron chi connectivity index (χ4n) is 1.16. The first kappa shape index (κ1) is 15.1. The first-order valence-electron chi connectivity index (χ1n) is 3.95. The zero-order chi connectivity index (χ0) is 13.3. The Morgan fingerprint density at radius 2 is 1.24 bits per heavy atom. The van der Waals surface area contributed by atoms with Crippen molar-refractivity contribution < 1.29 is 24.6 Å². The molecular formula is C9H3I3O5. The van der Waals surface area contributed by atoms with E-state index < -0.39 is 11.9 Å². The molecule has 0 aromatic heterocycles. The van der Waals surface area contributed by atoms with Gasteiger partial charge in [-0.1, -0.05) is 0 Å². The van der Waals surface area contributed by atoms with Crippen molar-refractivity contribution in [3.8, 4) is 0 Å². The van der Waals surface area contributed by atoms with Crippen molar-refractivity contribution in [3.05, 3.63) is 27.4 Å². The maximum absolute atomic E-state index is 11.1. The highest BCUT2D eigenvalue weighted by Crippen LogP contribution is 2.31. The van der Waals surface area contributed by atoms with Gasteiger partial charge in [0.15, 0.2) is 6.29 Å². The molecule has 0 amide bonds. The van der Waals surface area contributed by atoms with Crippen molar-refractivity contribution >= 4 is 86.0 Å². The van der Waals surface area contributed by atoms with E-state index in [1.807, 2.05) is 0 Å². The number of carbonyl (C=O) groups excluding carboxylic acids is 1. The van der Waals surface area contributed by atoms with Gasteiger partial charge in [0.05, 0.1) is 11.1 Å². The molecule has 1 rings (SSSR count). The number of rotatable bonds is 3. The third-order valence-corrected chi connectivity index (χ3v) is 5.22. The van der Waals surface area contributed by atoms with E-state index in [0.29, 0.717) is 6.29 Å². The first-order chi connectivity index (χ1) is 7.82. The summed E-state index contributed by atoms with van der Waals surface area (Å²) in [6.07, 6.45) is 0.471. The number of aromatic carboxylic acids is 2. The summed E-state index contributed by atoms with van der Waals surface area (Å²) < 4.78 is 0.634.